The van der Waals surface area contributed by atoms with Gasteiger partial charge in [-0.25, -0.2) is 13.4 Å². The van der Waals surface area contributed by atoms with Gasteiger partial charge in [0, 0.05) is 0 Å². The average molecular weight is 382 g/mol. The van der Waals surface area contributed by atoms with Crippen molar-refractivity contribution in [3.05, 3.63) is 36.9 Å². The van der Waals surface area contributed by atoms with Gasteiger partial charge in [0.25, 0.3) is 0 Å². The minimum absolute atomic E-state index is 0.000339. The van der Waals surface area contributed by atoms with Gasteiger partial charge < -0.3 is 4.74 Å². The van der Waals surface area contributed by atoms with Crippen LogP contribution in [0.3, 0.4) is 0 Å². The molecule has 0 fully saturated rings. The van der Waals surface area contributed by atoms with Crippen molar-refractivity contribution in [2.45, 2.75) is 48.6 Å². The van der Waals surface area contributed by atoms with Crippen LogP contribution in [0.2, 0.25) is 0 Å². The van der Waals surface area contributed by atoms with Crippen molar-refractivity contribution in [1.82, 2.24) is 4.98 Å². The van der Waals surface area contributed by atoms with E-state index in [0.29, 0.717) is 11.9 Å². The van der Waals surface area contributed by atoms with Gasteiger partial charge >= 0.3 is 5.97 Å². The van der Waals surface area contributed by atoms with Crippen LogP contribution >= 0.6 is 11.3 Å². The van der Waals surface area contributed by atoms with E-state index in [-0.39, 0.29) is 17.4 Å². The molecule has 0 aliphatic carbocycles. The van der Waals surface area contributed by atoms with Gasteiger partial charge in [0.1, 0.15) is 6.61 Å². The Labute approximate surface area is 152 Å². The number of nitrogens with zero attached hydrogens (tertiary/aromatic N) is 1. The summed E-state index contributed by atoms with van der Waals surface area (Å²) in [5.41, 5.74) is 0.621. The number of hydrogen-bond donors (Lipinski definition) is 0. The van der Waals surface area contributed by atoms with E-state index in [1.807, 2.05) is 12.1 Å². The number of rotatable bonds is 10. The van der Waals surface area contributed by atoms with Crippen LogP contribution in [-0.2, 0) is 19.4 Å². The van der Waals surface area contributed by atoms with E-state index in [9.17, 15) is 13.2 Å². The Balaban J connectivity index is 2.28. The van der Waals surface area contributed by atoms with Crippen LogP contribution in [0.4, 0.5) is 0 Å². The van der Waals surface area contributed by atoms with Gasteiger partial charge in [-0.3, -0.25) is 4.79 Å². The van der Waals surface area contributed by atoms with Gasteiger partial charge in [0.05, 0.1) is 10.2 Å². The number of sulfone groups is 1. The number of unbranched alkanes of at least 4 members (excludes halogenated alkanes) is 3. The summed E-state index contributed by atoms with van der Waals surface area (Å²) in [6, 6.07) is 7.21. The summed E-state index contributed by atoms with van der Waals surface area (Å²) in [6.45, 7) is 5.57. The quantitative estimate of drug-likeness (QED) is 0.351. The highest BCUT2D eigenvalue weighted by atomic mass is 32.2. The molecule has 136 valence electrons. The number of para-hydroxylation sites is 1. The second-order valence-electron chi connectivity index (χ2n) is 5.75. The van der Waals surface area contributed by atoms with Crippen LogP contribution in [0, 0.1) is 0 Å². The molecule has 0 aliphatic rings. The minimum atomic E-state index is -3.88. The Hall–Kier alpha value is -1.73. The van der Waals surface area contributed by atoms with Crippen LogP contribution in [0.25, 0.3) is 10.2 Å². The van der Waals surface area contributed by atoms with Gasteiger partial charge in [-0.1, -0.05) is 57.4 Å². The van der Waals surface area contributed by atoms with E-state index >= 15 is 0 Å². The van der Waals surface area contributed by atoms with E-state index < -0.39 is 21.1 Å². The number of fused-ring (bicyclic) bond motifs is 1. The second-order valence-corrected chi connectivity index (χ2v) is 9.08. The fraction of sp³-hybridized carbons (Fsp3) is 0.444. The Morgan fingerprint density at radius 2 is 2.08 bits per heavy atom. The second kappa shape index (κ2) is 9.10. The molecule has 0 radical (unpaired) electrons. The van der Waals surface area contributed by atoms with Gasteiger partial charge in [0.2, 0.25) is 14.2 Å². The van der Waals surface area contributed by atoms with Gasteiger partial charge in [0.15, 0.2) is 5.25 Å². The molecule has 5 nitrogen and oxygen atoms in total. The van der Waals surface area contributed by atoms with Crippen molar-refractivity contribution in [2.24, 2.45) is 0 Å². The minimum Gasteiger partial charge on any atom is -0.460 e. The monoisotopic (exact) mass is 381 g/mol. The van der Waals surface area contributed by atoms with Crippen LogP contribution in [0.1, 0.15) is 39.0 Å². The summed E-state index contributed by atoms with van der Waals surface area (Å²) in [7, 11) is -3.88. The van der Waals surface area contributed by atoms with Gasteiger partial charge in [-0.15, -0.1) is 11.3 Å². The van der Waals surface area contributed by atoms with Crippen molar-refractivity contribution >= 4 is 37.4 Å². The number of carbonyl (C=O) groups excluding carboxylic acids is 1. The Morgan fingerprint density at radius 3 is 2.76 bits per heavy atom. The van der Waals surface area contributed by atoms with Crippen LogP contribution in [0.5, 0.6) is 0 Å². The average Bonchev–Trinajstić information content (AvgIpc) is 3.04. The zero-order chi connectivity index (χ0) is 18.3. The molecule has 0 N–H and O–H groups in total. The molecule has 1 atom stereocenters. The Bertz CT molecular complexity index is 793. The van der Waals surface area contributed by atoms with E-state index in [2.05, 4.69) is 18.5 Å². The number of hydrogen-bond acceptors (Lipinski definition) is 6. The molecule has 0 saturated carbocycles. The highest BCUT2D eigenvalue weighted by Gasteiger charge is 2.37. The van der Waals surface area contributed by atoms with Crippen molar-refractivity contribution in [2.75, 3.05) is 6.61 Å². The summed E-state index contributed by atoms with van der Waals surface area (Å²) in [5, 5.41) is -1.22. The van der Waals surface area contributed by atoms with Crippen LogP contribution < -0.4 is 0 Å². The normalized spacial score (nSPS) is 12.8. The van der Waals surface area contributed by atoms with Crippen molar-refractivity contribution < 1.29 is 17.9 Å². The van der Waals surface area contributed by atoms with E-state index in [4.69, 9.17) is 4.74 Å². The lowest BCUT2D eigenvalue weighted by molar-refractivity contribution is -0.142. The van der Waals surface area contributed by atoms with Gasteiger partial charge in [-0.2, -0.15) is 0 Å². The fourth-order valence-corrected chi connectivity index (χ4v) is 5.53. The molecule has 0 saturated heterocycles. The van der Waals surface area contributed by atoms with Gasteiger partial charge in [-0.05, 0) is 18.6 Å². The van der Waals surface area contributed by atoms with Crippen LogP contribution in [0.15, 0.2) is 41.3 Å². The van der Waals surface area contributed by atoms with E-state index in [1.165, 1.54) is 6.08 Å². The first-order valence-electron chi connectivity index (χ1n) is 8.37. The molecular weight excluding hydrogens is 358 g/mol. The molecule has 7 heteroatoms. The molecule has 1 heterocycles. The maximum atomic E-state index is 13.0. The zero-order valence-electron chi connectivity index (χ0n) is 14.3. The molecule has 25 heavy (non-hydrogen) atoms. The Morgan fingerprint density at radius 1 is 1.32 bits per heavy atom. The molecule has 2 aromatic rings. The molecule has 0 aliphatic heterocycles. The number of aromatic nitrogens is 1. The SMILES string of the molecule is C=CCOC(=O)C(CCCCCC)S(=O)(=O)c1nc2ccccc2s1. The van der Waals surface area contributed by atoms with Crippen molar-refractivity contribution in [3.63, 3.8) is 0 Å². The largest absolute Gasteiger partial charge is 0.460 e. The fourth-order valence-electron chi connectivity index (χ4n) is 2.48. The van der Waals surface area contributed by atoms with E-state index in [0.717, 1.165) is 35.3 Å². The van der Waals surface area contributed by atoms with Crippen molar-refractivity contribution in [3.8, 4) is 0 Å². The maximum absolute atomic E-state index is 13.0. The lowest BCUT2D eigenvalue weighted by atomic mass is 10.1. The molecule has 1 unspecified atom stereocenters. The summed E-state index contributed by atoms with van der Waals surface area (Å²) in [4.78, 5) is 16.5. The topological polar surface area (TPSA) is 73.3 Å². The number of thiazole rings is 1. The third-order valence-electron chi connectivity index (χ3n) is 3.82. The third-order valence-corrected chi connectivity index (χ3v) is 7.35. The maximum Gasteiger partial charge on any atom is 0.325 e. The molecule has 1 aromatic heterocycles. The molecule has 1 aromatic carbocycles. The number of ether oxygens (including phenoxy) is 1. The summed E-state index contributed by atoms with van der Waals surface area (Å²) >= 11 is 1.09. The highest BCUT2D eigenvalue weighted by Crippen LogP contribution is 2.29. The predicted octanol–water partition coefficient (Wildman–Crippen LogP) is 4.14. The molecule has 0 bridgehead atoms. The highest BCUT2D eigenvalue weighted by molar-refractivity contribution is 7.94. The summed E-state index contributed by atoms with van der Waals surface area (Å²) in [5.74, 6) is -0.726. The summed E-state index contributed by atoms with van der Waals surface area (Å²) < 4.78 is 31.8. The molecular formula is C18H23NO4S2. The first-order chi connectivity index (χ1) is 12.0. The molecule has 2 rings (SSSR count). The Kier molecular flexibility index (Phi) is 7.13. The summed E-state index contributed by atoms with van der Waals surface area (Å²) in [6.07, 6.45) is 5.26. The number of benzene rings is 1. The lowest BCUT2D eigenvalue weighted by Crippen LogP contribution is -2.32. The standard InChI is InChI=1S/C18H23NO4S2/c1-3-5-6-7-12-16(17(20)23-13-4-2)25(21,22)18-19-14-10-8-9-11-15(14)24-18/h4,8-11,16H,2-3,5-7,12-13H2,1H3. The van der Waals surface area contributed by atoms with E-state index in [1.54, 1.807) is 12.1 Å². The predicted molar refractivity (Wildman–Crippen MR) is 101 cm³/mol. The number of carbonyl (C=O) groups is 1. The first-order valence-corrected chi connectivity index (χ1v) is 10.7. The molecule has 0 amide bonds. The first kappa shape index (κ1) is 19.6. The molecule has 0 spiro atoms. The third kappa shape index (κ3) is 4.89. The lowest BCUT2D eigenvalue weighted by Gasteiger charge is -2.14. The smallest absolute Gasteiger partial charge is 0.325 e. The number of esters is 1. The van der Waals surface area contributed by atoms with Crippen molar-refractivity contribution in [1.29, 1.82) is 0 Å². The zero-order valence-corrected chi connectivity index (χ0v) is 15.9. The van der Waals surface area contributed by atoms with Crippen LogP contribution in [-0.4, -0.2) is 31.2 Å².